The summed E-state index contributed by atoms with van der Waals surface area (Å²) < 4.78 is 22.9. The van der Waals surface area contributed by atoms with Gasteiger partial charge in [-0.05, 0) is 79.6 Å². The first-order valence-corrected chi connectivity index (χ1v) is 15.6. The molecule has 1 saturated heterocycles. The number of benzene rings is 3. The van der Waals surface area contributed by atoms with Crippen molar-refractivity contribution in [2.75, 3.05) is 18.9 Å². The van der Waals surface area contributed by atoms with E-state index in [1.807, 2.05) is 11.9 Å². The number of carbonyl (C=O) groups excluding carboxylic acids is 3. The standard InChI is InChI=1S/C18H18ClFN2O.C16H12BrN3O3/c1-22-11-5-10-16(22)18(23)21-15-9-4-7-13(17(15)20)12-6-2-3-8-14(12)19;1-10(22)14-9-20(4-5-21)15-3-2-12(6-13(14)15)23-16-18-7-11(17)8-19-16/h2-4,6-9,16H,5,10-11H2,1H3,(H,21,23);2-3,5-9H,4H2,1H3. The predicted molar refractivity (Wildman–Crippen MR) is 179 cm³/mol. The van der Waals surface area contributed by atoms with Crippen LogP contribution in [-0.4, -0.2) is 57.0 Å². The van der Waals surface area contributed by atoms with Gasteiger partial charge in [-0.2, -0.15) is 0 Å². The molecule has 0 radical (unpaired) electrons. The third kappa shape index (κ3) is 7.50. The molecule has 1 aliphatic rings. The number of amides is 1. The van der Waals surface area contributed by atoms with Crippen LogP contribution in [0.5, 0.6) is 11.8 Å². The fourth-order valence-corrected chi connectivity index (χ4v) is 5.73. The Bertz CT molecular complexity index is 1900. The summed E-state index contributed by atoms with van der Waals surface area (Å²) in [5.41, 5.74) is 2.53. The van der Waals surface area contributed by atoms with Crippen molar-refractivity contribution in [2.45, 2.75) is 32.4 Å². The molecule has 236 valence electrons. The van der Waals surface area contributed by atoms with Crippen LogP contribution in [0.2, 0.25) is 5.02 Å². The van der Waals surface area contributed by atoms with Gasteiger partial charge in [0, 0.05) is 51.2 Å². The summed E-state index contributed by atoms with van der Waals surface area (Å²) in [4.78, 5) is 45.0. The Morgan fingerprint density at radius 3 is 2.52 bits per heavy atom. The van der Waals surface area contributed by atoms with Crippen LogP contribution >= 0.6 is 27.5 Å². The van der Waals surface area contributed by atoms with Gasteiger partial charge in [-0.3, -0.25) is 14.5 Å². The number of aldehydes is 1. The van der Waals surface area contributed by atoms with Crippen LogP contribution < -0.4 is 10.1 Å². The largest absolute Gasteiger partial charge is 0.424 e. The van der Waals surface area contributed by atoms with Crippen LogP contribution in [0.25, 0.3) is 22.0 Å². The van der Waals surface area contributed by atoms with Crippen molar-refractivity contribution in [1.82, 2.24) is 19.4 Å². The summed E-state index contributed by atoms with van der Waals surface area (Å²) in [5, 5.41) is 3.92. The second-order valence-electron chi connectivity index (χ2n) is 10.7. The van der Waals surface area contributed by atoms with Crippen LogP contribution in [0.1, 0.15) is 30.1 Å². The van der Waals surface area contributed by atoms with Crippen LogP contribution in [0.4, 0.5) is 10.1 Å². The summed E-state index contributed by atoms with van der Waals surface area (Å²) in [7, 11) is 1.91. The third-order valence-electron chi connectivity index (χ3n) is 7.55. The molecule has 1 atom stereocenters. The molecule has 9 nitrogen and oxygen atoms in total. The number of likely N-dealkylation sites (tertiary alicyclic amines) is 1. The number of Topliss-reactive ketones (excluding diaryl/α,β-unsaturated/α-hetero) is 1. The Kier molecular flexibility index (Phi) is 10.6. The van der Waals surface area contributed by atoms with Gasteiger partial charge in [-0.25, -0.2) is 14.4 Å². The van der Waals surface area contributed by atoms with E-state index in [1.54, 1.807) is 83.8 Å². The molecular formula is C34H30BrClFN5O4. The minimum Gasteiger partial charge on any atom is -0.424 e. The van der Waals surface area contributed by atoms with Gasteiger partial charge in [0.15, 0.2) is 11.6 Å². The highest BCUT2D eigenvalue weighted by Gasteiger charge is 2.28. The Morgan fingerprint density at radius 2 is 1.85 bits per heavy atom. The van der Waals surface area contributed by atoms with E-state index >= 15 is 0 Å². The third-order valence-corrected chi connectivity index (χ3v) is 8.29. The number of likely N-dealkylation sites (N-methyl/N-ethyl adjacent to an activating group) is 1. The van der Waals surface area contributed by atoms with E-state index in [9.17, 15) is 18.8 Å². The highest BCUT2D eigenvalue weighted by atomic mass is 79.9. The molecule has 12 heteroatoms. The molecule has 3 aromatic carbocycles. The average Bonchev–Trinajstić information content (AvgIpc) is 3.63. The van der Waals surface area contributed by atoms with E-state index in [1.165, 1.54) is 6.92 Å². The molecule has 3 heterocycles. The first-order chi connectivity index (χ1) is 22.2. The number of nitrogens with one attached hydrogen (secondary N) is 1. The molecule has 1 N–H and O–H groups in total. The van der Waals surface area contributed by atoms with Gasteiger partial charge in [-0.1, -0.05) is 41.9 Å². The summed E-state index contributed by atoms with van der Waals surface area (Å²) in [5.74, 6) is -0.183. The lowest BCUT2D eigenvalue weighted by Gasteiger charge is -2.19. The van der Waals surface area contributed by atoms with E-state index in [0.29, 0.717) is 27.5 Å². The molecule has 1 fully saturated rings. The lowest BCUT2D eigenvalue weighted by Crippen LogP contribution is -2.37. The zero-order valence-corrected chi connectivity index (χ0v) is 27.4. The molecule has 46 heavy (non-hydrogen) atoms. The Balaban J connectivity index is 0.000000181. The van der Waals surface area contributed by atoms with E-state index in [0.717, 1.165) is 41.0 Å². The van der Waals surface area contributed by atoms with Crippen LogP contribution in [0, 0.1) is 5.82 Å². The fourth-order valence-electron chi connectivity index (χ4n) is 5.28. The highest BCUT2D eigenvalue weighted by molar-refractivity contribution is 9.10. The van der Waals surface area contributed by atoms with Gasteiger partial charge in [0.2, 0.25) is 5.91 Å². The summed E-state index contributed by atoms with van der Waals surface area (Å²) in [6.07, 6.45) is 7.43. The molecule has 6 rings (SSSR count). The number of hydrogen-bond acceptors (Lipinski definition) is 7. The van der Waals surface area contributed by atoms with Gasteiger partial charge in [0.25, 0.3) is 0 Å². The molecule has 5 aromatic rings. The minimum absolute atomic E-state index is 0.0725. The molecule has 1 unspecified atom stereocenters. The predicted octanol–water partition coefficient (Wildman–Crippen LogP) is 7.57. The number of hydrogen-bond donors (Lipinski definition) is 1. The Labute approximate surface area is 278 Å². The Morgan fingerprint density at radius 1 is 1.11 bits per heavy atom. The number of rotatable bonds is 8. The maximum absolute atomic E-state index is 14.8. The monoisotopic (exact) mass is 705 g/mol. The molecule has 1 aliphatic heterocycles. The van der Waals surface area contributed by atoms with Crippen LogP contribution in [0.15, 0.2) is 83.7 Å². The first-order valence-electron chi connectivity index (χ1n) is 14.4. The number of carbonyl (C=O) groups is 3. The highest BCUT2D eigenvalue weighted by Crippen LogP contribution is 2.33. The second kappa shape index (κ2) is 14.8. The van der Waals surface area contributed by atoms with E-state index in [4.69, 9.17) is 16.3 Å². The molecular weight excluding hydrogens is 677 g/mol. The molecule has 0 bridgehead atoms. The number of fused-ring (bicyclic) bond motifs is 1. The number of aromatic nitrogens is 3. The maximum atomic E-state index is 14.8. The van der Waals surface area contributed by atoms with Crippen LogP contribution in [0.3, 0.4) is 0 Å². The van der Waals surface area contributed by atoms with Gasteiger partial charge >= 0.3 is 6.01 Å². The lowest BCUT2D eigenvalue weighted by atomic mass is 10.0. The number of nitrogens with zero attached hydrogens (tertiary/aromatic N) is 4. The van der Waals surface area contributed by atoms with E-state index < -0.39 is 5.82 Å². The summed E-state index contributed by atoms with van der Waals surface area (Å²) in [6, 6.07) is 17.3. The second-order valence-corrected chi connectivity index (χ2v) is 12.0. The zero-order chi connectivity index (χ0) is 32.8. The number of ketones is 1. The molecule has 2 aromatic heterocycles. The molecule has 0 spiro atoms. The molecule has 0 aliphatic carbocycles. The normalized spacial score (nSPS) is 14.4. The molecule has 1 amide bonds. The van der Waals surface area contributed by atoms with Crippen molar-refractivity contribution in [3.05, 3.63) is 100 Å². The van der Waals surface area contributed by atoms with Crippen LogP contribution in [-0.2, 0) is 16.1 Å². The lowest BCUT2D eigenvalue weighted by molar-refractivity contribution is -0.120. The Hall–Kier alpha value is -4.45. The average molecular weight is 707 g/mol. The van der Waals surface area contributed by atoms with Crippen molar-refractivity contribution in [3.8, 4) is 22.9 Å². The minimum atomic E-state index is -0.463. The van der Waals surface area contributed by atoms with E-state index in [2.05, 4.69) is 31.2 Å². The van der Waals surface area contributed by atoms with Crippen molar-refractivity contribution in [2.24, 2.45) is 0 Å². The first kappa shape index (κ1) is 32.9. The summed E-state index contributed by atoms with van der Waals surface area (Å²) in [6.45, 7) is 2.57. The topological polar surface area (TPSA) is 106 Å². The fraction of sp³-hybridized carbons (Fsp3) is 0.206. The van der Waals surface area contributed by atoms with Crippen molar-refractivity contribution in [1.29, 1.82) is 0 Å². The summed E-state index contributed by atoms with van der Waals surface area (Å²) >= 11 is 9.41. The van der Waals surface area contributed by atoms with Crippen molar-refractivity contribution < 1.29 is 23.5 Å². The molecule has 0 saturated carbocycles. The van der Waals surface area contributed by atoms with Gasteiger partial charge in [-0.15, -0.1) is 0 Å². The maximum Gasteiger partial charge on any atom is 0.321 e. The van der Waals surface area contributed by atoms with E-state index in [-0.39, 0.29) is 36.0 Å². The SMILES string of the molecule is CC(=O)c1cn(CC=O)c2ccc(Oc3ncc(Br)cn3)cc12.CN1CCCC1C(=O)Nc1cccc(-c2ccccc2Cl)c1F. The van der Waals surface area contributed by atoms with Gasteiger partial charge in [0.1, 0.15) is 12.0 Å². The van der Waals surface area contributed by atoms with Gasteiger partial charge < -0.3 is 19.4 Å². The number of ether oxygens (including phenoxy) is 1. The quantitative estimate of drug-likeness (QED) is 0.131. The van der Waals surface area contributed by atoms with Crippen molar-refractivity contribution >= 4 is 62.1 Å². The van der Waals surface area contributed by atoms with Crippen molar-refractivity contribution in [3.63, 3.8) is 0 Å². The number of halogens is 3. The van der Waals surface area contributed by atoms with Gasteiger partial charge in [0.05, 0.1) is 22.7 Å². The number of anilines is 1. The zero-order valence-electron chi connectivity index (χ0n) is 25.0. The smallest absolute Gasteiger partial charge is 0.321 e.